The van der Waals surface area contributed by atoms with Crippen LogP contribution in [-0.4, -0.2) is 42.3 Å². The standard InChI is InChI=1S/C9H13ClN4O2/c10-7-8(13-5-14-9(7)15)12-4-6-3-11-1-2-16-6/h5-6,11H,1-4H2,(H2,12,13,14,15). The largest absolute Gasteiger partial charge is 0.374 e. The molecule has 3 N–H and O–H groups in total. The SMILES string of the molecule is O=c1[nH]cnc(NCC2CNCCO2)c1Cl. The minimum Gasteiger partial charge on any atom is -0.374 e. The monoisotopic (exact) mass is 244 g/mol. The molecule has 88 valence electrons. The predicted molar refractivity (Wildman–Crippen MR) is 61.0 cm³/mol. The van der Waals surface area contributed by atoms with Crippen molar-refractivity contribution in [3.8, 4) is 0 Å². The average molecular weight is 245 g/mol. The van der Waals surface area contributed by atoms with Crippen molar-refractivity contribution >= 4 is 17.4 Å². The van der Waals surface area contributed by atoms with Gasteiger partial charge >= 0.3 is 0 Å². The fourth-order valence-electron chi connectivity index (χ4n) is 1.47. The first-order chi connectivity index (χ1) is 7.77. The Morgan fingerprint density at radius 1 is 1.69 bits per heavy atom. The third-order valence-electron chi connectivity index (χ3n) is 2.30. The number of H-pyrrole nitrogens is 1. The molecule has 0 spiro atoms. The number of nitrogens with zero attached hydrogens (tertiary/aromatic N) is 1. The van der Waals surface area contributed by atoms with Crippen LogP contribution in [0.15, 0.2) is 11.1 Å². The Morgan fingerprint density at radius 3 is 3.31 bits per heavy atom. The summed E-state index contributed by atoms with van der Waals surface area (Å²) in [5.41, 5.74) is -0.346. The molecule has 0 radical (unpaired) electrons. The van der Waals surface area contributed by atoms with Crippen molar-refractivity contribution in [1.82, 2.24) is 15.3 Å². The lowest BCUT2D eigenvalue weighted by atomic mass is 10.3. The van der Waals surface area contributed by atoms with Gasteiger partial charge in [0.2, 0.25) is 0 Å². The molecule has 1 aromatic heterocycles. The van der Waals surface area contributed by atoms with Gasteiger partial charge in [-0.05, 0) is 0 Å². The quantitative estimate of drug-likeness (QED) is 0.688. The molecule has 1 aliphatic rings. The van der Waals surface area contributed by atoms with Gasteiger partial charge in [-0.25, -0.2) is 4.98 Å². The zero-order valence-corrected chi connectivity index (χ0v) is 9.38. The van der Waals surface area contributed by atoms with E-state index in [1.165, 1.54) is 6.33 Å². The van der Waals surface area contributed by atoms with Crippen LogP contribution in [0.4, 0.5) is 5.82 Å². The van der Waals surface area contributed by atoms with E-state index in [0.29, 0.717) is 19.0 Å². The number of nitrogens with one attached hydrogen (secondary N) is 3. The molecule has 1 fully saturated rings. The normalized spacial score (nSPS) is 20.7. The van der Waals surface area contributed by atoms with Crippen LogP contribution in [0.5, 0.6) is 0 Å². The molecule has 0 aliphatic carbocycles. The Morgan fingerprint density at radius 2 is 2.56 bits per heavy atom. The van der Waals surface area contributed by atoms with E-state index in [0.717, 1.165) is 13.1 Å². The van der Waals surface area contributed by atoms with E-state index < -0.39 is 0 Å². The van der Waals surface area contributed by atoms with Crippen LogP contribution >= 0.6 is 11.6 Å². The van der Waals surface area contributed by atoms with E-state index in [1.54, 1.807) is 0 Å². The Labute approximate surface area is 97.4 Å². The summed E-state index contributed by atoms with van der Waals surface area (Å²) in [6, 6.07) is 0. The maximum absolute atomic E-state index is 11.2. The zero-order valence-electron chi connectivity index (χ0n) is 8.62. The Balaban J connectivity index is 1.93. The van der Waals surface area contributed by atoms with Gasteiger partial charge in [-0.2, -0.15) is 0 Å². The van der Waals surface area contributed by atoms with E-state index in [4.69, 9.17) is 16.3 Å². The Bertz CT molecular complexity index is 403. The zero-order chi connectivity index (χ0) is 11.4. The second kappa shape index (κ2) is 5.29. The van der Waals surface area contributed by atoms with Gasteiger partial charge in [-0.1, -0.05) is 11.6 Å². The van der Waals surface area contributed by atoms with E-state index in [2.05, 4.69) is 20.6 Å². The Hall–Kier alpha value is -1.11. The smallest absolute Gasteiger partial charge is 0.271 e. The van der Waals surface area contributed by atoms with Gasteiger partial charge in [0, 0.05) is 19.6 Å². The second-order valence-corrected chi connectivity index (χ2v) is 3.85. The minimum absolute atomic E-state index is 0.0749. The van der Waals surface area contributed by atoms with Gasteiger partial charge in [-0.3, -0.25) is 4.79 Å². The molecule has 16 heavy (non-hydrogen) atoms. The van der Waals surface area contributed by atoms with Gasteiger partial charge in [0.05, 0.1) is 19.0 Å². The summed E-state index contributed by atoms with van der Waals surface area (Å²) in [6.45, 7) is 2.93. The number of ether oxygens (including phenoxy) is 1. The van der Waals surface area contributed by atoms with Gasteiger partial charge in [-0.15, -0.1) is 0 Å². The minimum atomic E-state index is -0.346. The number of aromatic amines is 1. The van der Waals surface area contributed by atoms with Crippen LogP contribution in [0.3, 0.4) is 0 Å². The molecule has 0 bridgehead atoms. The lowest BCUT2D eigenvalue weighted by Gasteiger charge is -2.23. The number of halogens is 1. The number of hydrogen-bond donors (Lipinski definition) is 3. The Kier molecular flexibility index (Phi) is 3.76. The predicted octanol–water partition coefficient (Wildman–Crippen LogP) is -0.176. The average Bonchev–Trinajstić information content (AvgIpc) is 2.32. The molecule has 1 saturated heterocycles. The van der Waals surface area contributed by atoms with Crippen LogP contribution in [0.25, 0.3) is 0 Å². The van der Waals surface area contributed by atoms with Crippen LogP contribution < -0.4 is 16.2 Å². The van der Waals surface area contributed by atoms with Crippen molar-refractivity contribution < 1.29 is 4.74 Å². The van der Waals surface area contributed by atoms with Crippen LogP contribution in [0.1, 0.15) is 0 Å². The third-order valence-corrected chi connectivity index (χ3v) is 2.65. The summed E-state index contributed by atoms with van der Waals surface area (Å²) in [4.78, 5) is 17.5. The highest BCUT2D eigenvalue weighted by Gasteiger charge is 2.14. The summed E-state index contributed by atoms with van der Waals surface area (Å²) >= 11 is 5.79. The van der Waals surface area contributed by atoms with Crippen molar-refractivity contribution in [2.45, 2.75) is 6.10 Å². The number of hydrogen-bond acceptors (Lipinski definition) is 5. The highest BCUT2D eigenvalue weighted by Crippen LogP contribution is 2.12. The van der Waals surface area contributed by atoms with Crippen LogP contribution in [0, 0.1) is 0 Å². The van der Waals surface area contributed by atoms with Crippen molar-refractivity contribution in [3.05, 3.63) is 21.7 Å². The highest BCUT2D eigenvalue weighted by molar-refractivity contribution is 6.32. The maximum Gasteiger partial charge on any atom is 0.271 e. The first kappa shape index (κ1) is 11.4. The first-order valence-electron chi connectivity index (χ1n) is 5.07. The summed E-state index contributed by atoms with van der Waals surface area (Å²) in [6.07, 6.45) is 1.39. The molecule has 2 heterocycles. The molecule has 0 saturated carbocycles. The maximum atomic E-state index is 11.2. The fourth-order valence-corrected chi connectivity index (χ4v) is 1.64. The third kappa shape index (κ3) is 2.72. The lowest BCUT2D eigenvalue weighted by molar-refractivity contribution is 0.0372. The molecule has 1 atom stereocenters. The molecule has 6 nitrogen and oxygen atoms in total. The number of anilines is 1. The lowest BCUT2D eigenvalue weighted by Crippen LogP contribution is -2.42. The van der Waals surface area contributed by atoms with Gasteiger partial charge < -0.3 is 20.4 Å². The molecule has 1 unspecified atom stereocenters. The molecular formula is C9H13ClN4O2. The van der Waals surface area contributed by atoms with Crippen LogP contribution in [-0.2, 0) is 4.74 Å². The first-order valence-corrected chi connectivity index (χ1v) is 5.44. The van der Waals surface area contributed by atoms with Gasteiger partial charge in [0.25, 0.3) is 5.56 Å². The van der Waals surface area contributed by atoms with Crippen molar-refractivity contribution in [2.75, 3.05) is 31.6 Å². The highest BCUT2D eigenvalue weighted by atomic mass is 35.5. The molecule has 2 rings (SSSR count). The van der Waals surface area contributed by atoms with Gasteiger partial charge in [0.15, 0.2) is 5.82 Å². The van der Waals surface area contributed by atoms with Crippen molar-refractivity contribution in [3.63, 3.8) is 0 Å². The van der Waals surface area contributed by atoms with E-state index in [1.807, 2.05) is 0 Å². The molecular weight excluding hydrogens is 232 g/mol. The number of aromatic nitrogens is 2. The second-order valence-electron chi connectivity index (χ2n) is 3.47. The molecule has 7 heteroatoms. The molecule has 0 aromatic carbocycles. The topological polar surface area (TPSA) is 79.0 Å². The number of rotatable bonds is 3. The number of morpholine rings is 1. The van der Waals surface area contributed by atoms with E-state index in [-0.39, 0.29) is 16.7 Å². The summed E-state index contributed by atoms with van der Waals surface area (Å²) in [5.74, 6) is 0.389. The fraction of sp³-hybridized carbons (Fsp3) is 0.556. The summed E-state index contributed by atoms with van der Waals surface area (Å²) < 4.78 is 5.49. The van der Waals surface area contributed by atoms with Gasteiger partial charge in [0.1, 0.15) is 5.02 Å². The molecule has 1 aromatic rings. The van der Waals surface area contributed by atoms with Crippen molar-refractivity contribution in [2.24, 2.45) is 0 Å². The van der Waals surface area contributed by atoms with Crippen molar-refractivity contribution in [1.29, 1.82) is 0 Å². The summed E-state index contributed by atoms with van der Waals surface area (Å²) in [5, 5.41) is 6.28. The van der Waals surface area contributed by atoms with E-state index in [9.17, 15) is 4.79 Å². The molecule has 1 aliphatic heterocycles. The summed E-state index contributed by atoms with van der Waals surface area (Å²) in [7, 11) is 0. The molecule has 0 amide bonds. The van der Waals surface area contributed by atoms with Crippen LogP contribution in [0.2, 0.25) is 5.02 Å². The van der Waals surface area contributed by atoms with E-state index >= 15 is 0 Å².